The molecule has 5 rings (SSSR count). The summed E-state index contributed by atoms with van der Waals surface area (Å²) >= 11 is 0. The molecule has 0 saturated carbocycles. The molecule has 0 aliphatic carbocycles. The van der Waals surface area contributed by atoms with E-state index in [-0.39, 0.29) is 40.9 Å². The molecule has 37 heavy (non-hydrogen) atoms. The second-order valence-corrected chi connectivity index (χ2v) is 12.0. The van der Waals surface area contributed by atoms with E-state index in [4.69, 9.17) is 15.5 Å². The summed E-state index contributed by atoms with van der Waals surface area (Å²) in [6, 6.07) is 11.1. The topological polar surface area (TPSA) is 131 Å². The highest BCUT2D eigenvalue weighted by Crippen LogP contribution is 2.40. The molecule has 2 atom stereocenters. The monoisotopic (exact) mass is 524 g/mol. The maximum atomic E-state index is 13.3. The van der Waals surface area contributed by atoms with Crippen LogP contribution in [0.3, 0.4) is 0 Å². The quantitative estimate of drug-likeness (QED) is 0.617. The number of sulfone groups is 1. The molecule has 0 aromatic heterocycles. The van der Waals surface area contributed by atoms with Gasteiger partial charge in [-0.3, -0.25) is 14.5 Å². The minimum Gasteiger partial charge on any atom is -0.493 e. The van der Waals surface area contributed by atoms with Gasteiger partial charge in [0.25, 0.3) is 5.91 Å². The molecule has 3 aliphatic heterocycles. The molecule has 0 unspecified atom stereocenters. The molecular formula is C27H32N4O5S. The van der Waals surface area contributed by atoms with Gasteiger partial charge < -0.3 is 15.8 Å². The fraction of sp³-hybridized carbons (Fsp3) is 0.444. The van der Waals surface area contributed by atoms with Gasteiger partial charge in [0.15, 0.2) is 15.8 Å². The van der Waals surface area contributed by atoms with Crippen LogP contribution in [0.4, 0.5) is 0 Å². The summed E-state index contributed by atoms with van der Waals surface area (Å²) in [6.45, 7) is 4.44. The Morgan fingerprint density at radius 3 is 2.65 bits per heavy atom. The summed E-state index contributed by atoms with van der Waals surface area (Å²) in [6.07, 6.45) is 2.57. The fourth-order valence-electron chi connectivity index (χ4n) is 5.59. The van der Waals surface area contributed by atoms with Gasteiger partial charge in [-0.1, -0.05) is 32.0 Å². The zero-order valence-electron chi connectivity index (χ0n) is 21.1. The number of carbonyl (C=O) groups excluding carboxylic acids is 2. The summed E-state index contributed by atoms with van der Waals surface area (Å²) in [4.78, 5) is 33.2. The summed E-state index contributed by atoms with van der Waals surface area (Å²) in [5.41, 5.74) is 7.59. The number of fused-ring (bicyclic) bond motifs is 2. The molecule has 0 radical (unpaired) electrons. The van der Waals surface area contributed by atoms with Crippen molar-refractivity contribution in [3.8, 4) is 5.75 Å². The van der Waals surface area contributed by atoms with Crippen molar-refractivity contribution >= 4 is 27.6 Å². The van der Waals surface area contributed by atoms with Crippen LogP contribution in [0.1, 0.15) is 79.5 Å². The van der Waals surface area contributed by atoms with Gasteiger partial charge in [0.2, 0.25) is 5.91 Å². The van der Waals surface area contributed by atoms with Crippen molar-refractivity contribution in [2.24, 2.45) is 10.7 Å². The highest BCUT2D eigenvalue weighted by molar-refractivity contribution is 7.91. The molecule has 196 valence electrons. The van der Waals surface area contributed by atoms with Crippen LogP contribution in [0.25, 0.3) is 0 Å². The third-order valence-corrected chi connectivity index (χ3v) is 9.68. The van der Waals surface area contributed by atoms with E-state index in [0.717, 1.165) is 12.8 Å². The number of guanidine groups is 1. The van der Waals surface area contributed by atoms with Crippen LogP contribution in [0.15, 0.2) is 52.4 Å². The van der Waals surface area contributed by atoms with Gasteiger partial charge in [-0.15, -0.1) is 0 Å². The van der Waals surface area contributed by atoms with Crippen molar-refractivity contribution in [1.29, 1.82) is 0 Å². The van der Waals surface area contributed by atoms with E-state index in [2.05, 4.69) is 5.32 Å². The number of ether oxygens (including phenoxy) is 1. The van der Waals surface area contributed by atoms with Crippen LogP contribution in [0, 0.1) is 0 Å². The lowest BCUT2D eigenvalue weighted by atomic mass is 9.87. The van der Waals surface area contributed by atoms with Gasteiger partial charge >= 0.3 is 0 Å². The van der Waals surface area contributed by atoms with Gasteiger partial charge in [-0.25, -0.2) is 13.4 Å². The van der Waals surface area contributed by atoms with Crippen LogP contribution in [-0.4, -0.2) is 49.0 Å². The molecule has 2 aromatic rings. The largest absolute Gasteiger partial charge is 0.493 e. The average molecular weight is 525 g/mol. The van der Waals surface area contributed by atoms with Crippen molar-refractivity contribution in [2.45, 2.75) is 68.5 Å². The fourth-order valence-corrected chi connectivity index (χ4v) is 7.21. The first-order valence-electron chi connectivity index (χ1n) is 12.7. The molecule has 2 amide bonds. The molecule has 9 nitrogen and oxygen atoms in total. The number of hydrogen-bond acceptors (Lipinski definition) is 7. The second-order valence-electron chi connectivity index (χ2n) is 9.92. The van der Waals surface area contributed by atoms with Crippen LogP contribution in [0.5, 0.6) is 5.75 Å². The molecule has 3 aliphatic rings. The lowest BCUT2D eigenvalue weighted by molar-refractivity contribution is -0.132. The Morgan fingerprint density at radius 1 is 1.16 bits per heavy atom. The maximum Gasteiger partial charge on any atom is 0.251 e. The minimum atomic E-state index is -3.36. The van der Waals surface area contributed by atoms with E-state index in [1.54, 1.807) is 47.4 Å². The number of hydrogen-bond donors (Lipinski definition) is 2. The predicted octanol–water partition coefficient (Wildman–Crippen LogP) is 3.26. The summed E-state index contributed by atoms with van der Waals surface area (Å²) in [5, 5.41) is 3.00. The van der Waals surface area contributed by atoms with Crippen molar-refractivity contribution in [3.63, 3.8) is 0 Å². The van der Waals surface area contributed by atoms with E-state index in [9.17, 15) is 18.0 Å². The molecule has 3 N–H and O–H groups in total. The van der Waals surface area contributed by atoms with Gasteiger partial charge in [-0.2, -0.15) is 0 Å². The average Bonchev–Trinajstić information content (AvgIpc) is 2.89. The number of nitrogens with zero attached hydrogens (tertiary/aromatic N) is 2. The van der Waals surface area contributed by atoms with E-state index in [1.807, 2.05) is 13.8 Å². The SMILES string of the molecule is CCC1(CC)CC(=O)N([C@@H]2CCOc3ccc(C(=O)N[C@H]4CCS(=O)(=O)c5ccccc54)cc32)C(N)=N1. The Hall–Kier alpha value is -3.40. The smallest absolute Gasteiger partial charge is 0.251 e. The Balaban J connectivity index is 1.43. The molecule has 10 heteroatoms. The third kappa shape index (κ3) is 4.47. The summed E-state index contributed by atoms with van der Waals surface area (Å²) in [7, 11) is -3.36. The molecule has 0 bridgehead atoms. The van der Waals surface area contributed by atoms with Crippen molar-refractivity contribution in [2.75, 3.05) is 12.4 Å². The molecule has 0 fully saturated rings. The Morgan fingerprint density at radius 2 is 1.92 bits per heavy atom. The van der Waals surface area contributed by atoms with Crippen LogP contribution < -0.4 is 15.8 Å². The van der Waals surface area contributed by atoms with E-state index in [1.165, 1.54) is 0 Å². The molecule has 3 heterocycles. The number of nitrogens with one attached hydrogen (secondary N) is 1. The lowest BCUT2D eigenvalue weighted by Crippen LogP contribution is -2.53. The van der Waals surface area contributed by atoms with Crippen molar-refractivity contribution in [1.82, 2.24) is 10.2 Å². The maximum absolute atomic E-state index is 13.3. The first kappa shape index (κ1) is 25.3. The zero-order valence-corrected chi connectivity index (χ0v) is 21.9. The minimum absolute atomic E-state index is 0.0260. The van der Waals surface area contributed by atoms with E-state index < -0.39 is 21.4 Å². The standard InChI is InChI=1S/C27H32N4O5S/c1-3-27(4-2)16-24(32)31(26(28)30-27)21-11-13-36-22-10-9-17(15-19(21)22)25(33)29-20-12-14-37(34,35)23-8-6-5-7-18(20)23/h5-10,15,20-21H,3-4,11-14,16H2,1-2H3,(H2,28,30)(H,29,33)/t20-,21+/m0/s1. The number of benzene rings is 2. The molecule has 0 spiro atoms. The van der Waals surface area contributed by atoms with Gasteiger partial charge in [0.1, 0.15) is 5.75 Å². The van der Waals surface area contributed by atoms with E-state index in [0.29, 0.717) is 41.9 Å². The number of carbonyl (C=O) groups is 2. The van der Waals surface area contributed by atoms with Gasteiger partial charge in [-0.05, 0) is 49.1 Å². The number of aliphatic imine (C=N–C) groups is 1. The number of nitrogens with two attached hydrogens (primary N) is 1. The zero-order chi connectivity index (χ0) is 26.4. The van der Waals surface area contributed by atoms with Crippen molar-refractivity contribution < 1.29 is 22.7 Å². The van der Waals surface area contributed by atoms with E-state index >= 15 is 0 Å². The van der Waals surface area contributed by atoms with Crippen molar-refractivity contribution in [3.05, 3.63) is 59.2 Å². The highest BCUT2D eigenvalue weighted by atomic mass is 32.2. The van der Waals surface area contributed by atoms with Crippen LogP contribution in [0.2, 0.25) is 0 Å². The first-order valence-corrected chi connectivity index (χ1v) is 14.4. The van der Waals surface area contributed by atoms with Gasteiger partial charge in [0.05, 0.1) is 41.3 Å². The number of amides is 2. The Kier molecular flexibility index (Phi) is 6.47. The number of rotatable bonds is 5. The molecule has 2 aromatic carbocycles. The highest BCUT2D eigenvalue weighted by Gasteiger charge is 2.42. The lowest BCUT2D eigenvalue weighted by Gasteiger charge is -2.41. The Bertz CT molecular complexity index is 1380. The summed E-state index contributed by atoms with van der Waals surface area (Å²) < 4.78 is 30.8. The third-order valence-electron chi connectivity index (χ3n) is 7.87. The molecule has 0 saturated heterocycles. The Labute approximate surface area is 217 Å². The van der Waals surface area contributed by atoms with Gasteiger partial charge in [0, 0.05) is 17.5 Å². The predicted molar refractivity (Wildman–Crippen MR) is 139 cm³/mol. The van der Waals surface area contributed by atoms with Crippen LogP contribution >= 0.6 is 0 Å². The normalized spacial score (nSPS) is 23.8. The molecular weight excluding hydrogens is 492 g/mol. The second kappa shape index (κ2) is 9.48. The summed E-state index contributed by atoms with van der Waals surface area (Å²) in [5.74, 6) is 0.373. The first-order chi connectivity index (χ1) is 17.7. The van der Waals surface area contributed by atoms with Crippen LogP contribution in [-0.2, 0) is 14.6 Å².